The molecule has 1 aromatic rings. The van der Waals surface area contributed by atoms with Gasteiger partial charge in [-0.2, -0.15) is 0 Å². The van der Waals surface area contributed by atoms with Crippen molar-refractivity contribution in [2.45, 2.75) is 26.2 Å². The lowest BCUT2D eigenvalue weighted by atomic mass is 9.85. The van der Waals surface area contributed by atoms with Crippen LogP contribution >= 0.6 is 0 Å². The van der Waals surface area contributed by atoms with E-state index in [1.54, 1.807) is 6.26 Å². The number of imide groups is 1. The molecule has 3 aliphatic rings. The van der Waals surface area contributed by atoms with Crippen molar-refractivity contribution in [3.05, 3.63) is 36.3 Å². The minimum absolute atomic E-state index is 0.00497. The third-order valence-electron chi connectivity index (χ3n) is 6.35. The molecule has 2 aliphatic carbocycles. The van der Waals surface area contributed by atoms with Crippen LogP contribution in [0.15, 0.2) is 40.0 Å². The second kappa shape index (κ2) is 10.1. The van der Waals surface area contributed by atoms with Gasteiger partial charge in [0.25, 0.3) is 0 Å². The predicted molar refractivity (Wildman–Crippen MR) is 116 cm³/mol. The van der Waals surface area contributed by atoms with Gasteiger partial charge >= 0.3 is 0 Å². The van der Waals surface area contributed by atoms with Crippen LogP contribution in [0.4, 0.5) is 0 Å². The molecule has 0 radical (unpaired) electrons. The van der Waals surface area contributed by atoms with Gasteiger partial charge in [-0.3, -0.25) is 19.5 Å². The first-order valence-electron chi connectivity index (χ1n) is 11.3. The summed E-state index contributed by atoms with van der Waals surface area (Å²) < 4.78 is 10.7. The number of rotatable bonds is 11. The molecule has 4 unspecified atom stereocenters. The van der Waals surface area contributed by atoms with Crippen molar-refractivity contribution >= 4 is 17.8 Å². The summed E-state index contributed by atoms with van der Waals surface area (Å²) in [6.07, 6.45) is 8.44. The molecule has 2 amide bonds. The lowest BCUT2D eigenvalue weighted by Gasteiger charge is -2.19. The molecule has 4 rings (SSSR count). The van der Waals surface area contributed by atoms with Crippen LogP contribution in [0.2, 0.25) is 0 Å². The number of nitrogens with one attached hydrogen (secondary N) is 2. The Balaban J connectivity index is 1.26. The average molecular weight is 429 g/mol. The molecule has 1 saturated carbocycles. The molecule has 0 aromatic carbocycles. The summed E-state index contributed by atoms with van der Waals surface area (Å²) in [5.74, 6) is 1.78. The van der Waals surface area contributed by atoms with E-state index >= 15 is 0 Å². The predicted octanol–water partition coefficient (Wildman–Crippen LogP) is 1.59. The van der Waals surface area contributed by atoms with Crippen molar-refractivity contribution in [1.82, 2.24) is 15.5 Å². The van der Waals surface area contributed by atoms with E-state index < -0.39 is 0 Å². The largest absolute Gasteiger partial charge is 0.469 e. The number of carbonyl (C=O) groups excluding carboxylic acids is 2. The molecule has 0 spiro atoms. The Kier molecular flexibility index (Phi) is 7.06. The van der Waals surface area contributed by atoms with Crippen LogP contribution in [0.3, 0.4) is 0 Å². The molecule has 8 heteroatoms. The monoisotopic (exact) mass is 428 g/mol. The third-order valence-corrected chi connectivity index (χ3v) is 6.35. The van der Waals surface area contributed by atoms with Crippen LogP contribution < -0.4 is 10.6 Å². The van der Waals surface area contributed by atoms with E-state index in [-0.39, 0.29) is 35.5 Å². The summed E-state index contributed by atoms with van der Waals surface area (Å²) in [4.78, 5) is 31.7. The molecule has 8 nitrogen and oxygen atoms in total. The lowest BCUT2D eigenvalue weighted by Crippen LogP contribution is -2.44. The molecular formula is C23H32N4O4. The number of nitrogens with zero attached hydrogens (tertiary/aromatic N) is 2. The molecule has 1 aliphatic heterocycles. The smallest absolute Gasteiger partial charge is 0.233 e. The molecule has 4 atom stereocenters. The maximum atomic E-state index is 12.8. The number of amides is 2. The lowest BCUT2D eigenvalue weighted by molar-refractivity contribution is -0.140. The van der Waals surface area contributed by atoms with Crippen LogP contribution in [0.1, 0.15) is 25.5 Å². The van der Waals surface area contributed by atoms with Crippen molar-refractivity contribution < 1.29 is 18.7 Å². The highest BCUT2D eigenvalue weighted by Gasteiger charge is 2.58. The first-order chi connectivity index (χ1) is 15.2. The molecule has 168 valence electrons. The van der Waals surface area contributed by atoms with E-state index in [9.17, 15) is 9.59 Å². The normalized spacial score (nSPS) is 26.7. The zero-order valence-corrected chi connectivity index (χ0v) is 18.1. The number of aliphatic imine (C=N–C) groups is 1. The molecule has 2 heterocycles. The SMILES string of the molecule is CCOCCCN=C(NCCc1ccco1)NCCN1C(=O)C2C3C=CC(C3)C2C1=O. The topological polar surface area (TPSA) is 96.2 Å². The molecule has 1 saturated heterocycles. The highest BCUT2D eigenvalue weighted by Crippen LogP contribution is 2.52. The van der Waals surface area contributed by atoms with Crippen molar-refractivity contribution in [1.29, 1.82) is 0 Å². The average Bonchev–Trinajstić information content (AvgIpc) is 3.55. The highest BCUT2D eigenvalue weighted by molar-refractivity contribution is 6.06. The summed E-state index contributed by atoms with van der Waals surface area (Å²) in [5.41, 5.74) is 0. The van der Waals surface area contributed by atoms with Gasteiger partial charge in [0.05, 0.1) is 18.1 Å². The van der Waals surface area contributed by atoms with Crippen molar-refractivity contribution in [3.8, 4) is 0 Å². The minimum atomic E-state index is -0.138. The molecule has 2 N–H and O–H groups in total. The Bertz CT molecular complexity index is 790. The van der Waals surface area contributed by atoms with Gasteiger partial charge in [-0.1, -0.05) is 12.2 Å². The fourth-order valence-corrected chi connectivity index (χ4v) is 4.91. The number of guanidine groups is 1. The van der Waals surface area contributed by atoms with Crippen molar-refractivity contribution in [2.24, 2.45) is 28.7 Å². The highest BCUT2D eigenvalue weighted by atomic mass is 16.5. The summed E-state index contributed by atoms with van der Waals surface area (Å²) in [7, 11) is 0. The van der Waals surface area contributed by atoms with Crippen molar-refractivity contribution in [3.63, 3.8) is 0 Å². The van der Waals surface area contributed by atoms with Crippen LogP contribution in [-0.2, 0) is 20.7 Å². The second-order valence-electron chi connectivity index (χ2n) is 8.29. The van der Waals surface area contributed by atoms with Crippen LogP contribution in [-0.4, -0.2) is 62.1 Å². The van der Waals surface area contributed by atoms with E-state index in [1.165, 1.54) is 4.90 Å². The van der Waals surface area contributed by atoms with E-state index in [4.69, 9.17) is 9.15 Å². The van der Waals surface area contributed by atoms with Gasteiger partial charge in [-0.05, 0) is 43.7 Å². The van der Waals surface area contributed by atoms with Crippen LogP contribution in [0.25, 0.3) is 0 Å². The number of fused-ring (bicyclic) bond motifs is 5. The third kappa shape index (κ3) is 4.84. The minimum Gasteiger partial charge on any atom is -0.469 e. The van der Waals surface area contributed by atoms with Gasteiger partial charge in [0.2, 0.25) is 11.8 Å². The van der Waals surface area contributed by atoms with Crippen LogP contribution in [0, 0.1) is 23.7 Å². The Labute approximate surface area is 183 Å². The number of hydrogen-bond acceptors (Lipinski definition) is 5. The number of likely N-dealkylation sites (tertiary alicyclic amines) is 1. The molecule has 2 bridgehead atoms. The number of carbonyl (C=O) groups is 2. The standard InChI is InChI=1S/C23H32N4O4/c1-2-30-13-4-9-24-23(25-10-8-18-5-3-14-31-18)26-11-12-27-21(28)19-16-6-7-17(15-16)20(19)22(27)29/h3,5-7,14,16-17,19-20H,2,4,8-13,15H2,1H3,(H2,24,25,26). The Hall–Kier alpha value is -2.61. The van der Waals surface area contributed by atoms with Gasteiger partial charge < -0.3 is 19.8 Å². The van der Waals surface area contributed by atoms with E-state index in [0.29, 0.717) is 45.4 Å². The summed E-state index contributed by atoms with van der Waals surface area (Å²) in [6.45, 7) is 5.49. The summed E-state index contributed by atoms with van der Waals surface area (Å²) >= 11 is 0. The zero-order valence-electron chi connectivity index (χ0n) is 18.1. The van der Waals surface area contributed by atoms with Gasteiger partial charge in [-0.15, -0.1) is 0 Å². The fraction of sp³-hybridized carbons (Fsp3) is 0.609. The van der Waals surface area contributed by atoms with Crippen molar-refractivity contribution in [2.75, 3.05) is 39.4 Å². The Morgan fingerprint density at radius 1 is 1.19 bits per heavy atom. The number of allylic oxidation sites excluding steroid dienone is 2. The number of furan rings is 1. The summed E-state index contributed by atoms with van der Waals surface area (Å²) in [6, 6.07) is 3.81. The van der Waals surface area contributed by atoms with Gasteiger partial charge in [0.15, 0.2) is 5.96 Å². The second-order valence-corrected chi connectivity index (χ2v) is 8.29. The zero-order chi connectivity index (χ0) is 21.6. The van der Waals surface area contributed by atoms with Crippen LogP contribution in [0.5, 0.6) is 0 Å². The number of ether oxygens (including phenoxy) is 1. The van der Waals surface area contributed by atoms with E-state index in [2.05, 4.69) is 27.8 Å². The van der Waals surface area contributed by atoms with Gasteiger partial charge in [0, 0.05) is 45.8 Å². The Morgan fingerprint density at radius 2 is 1.94 bits per heavy atom. The molecule has 1 aromatic heterocycles. The van der Waals surface area contributed by atoms with Gasteiger partial charge in [-0.25, -0.2) is 0 Å². The van der Waals surface area contributed by atoms with E-state index in [0.717, 1.165) is 25.0 Å². The maximum absolute atomic E-state index is 12.8. The molecular weight excluding hydrogens is 396 g/mol. The van der Waals surface area contributed by atoms with E-state index in [1.807, 2.05) is 19.1 Å². The first-order valence-corrected chi connectivity index (χ1v) is 11.3. The number of hydrogen-bond donors (Lipinski definition) is 2. The quantitative estimate of drug-likeness (QED) is 0.183. The first kappa shape index (κ1) is 21.6. The molecule has 2 fully saturated rings. The fourth-order valence-electron chi connectivity index (χ4n) is 4.91. The molecule has 31 heavy (non-hydrogen) atoms. The maximum Gasteiger partial charge on any atom is 0.233 e. The van der Waals surface area contributed by atoms with Gasteiger partial charge in [0.1, 0.15) is 5.76 Å². The summed E-state index contributed by atoms with van der Waals surface area (Å²) in [5, 5.41) is 6.57. The Morgan fingerprint density at radius 3 is 2.61 bits per heavy atom.